The molecular formula is C24H29Cl3N2O4PS+. The molecule has 190 valence electrons. The van der Waals surface area contributed by atoms with Crippen LogP contribution in [-0.2, 0) is 9.36 Å². The molecule has 3 rings (SSSR count). The summed E-state index contributed by atoms with van der Waals surface area (Å²) < 4.78 is 13.3. The fourth-order valence-corrected chi connectivity index (χ4v) is 5.57. The quantitative estimate of drug-likeness (QED) is 0.230. The Morgan fingerprint density at radius 2 is 1.77 bits per heavy atom. The van der Waals surface area contributed by atoms with Crippen molar-refractivity contribution in [1.29, 1.82) is 0 Å². The molecule has 2 atom stereocenters. The second-order valence-corrected chi connectivity index (χ2v) is 12.2. The number of carbonyl (C=O) groups is 1. The Morgan fingerprint density at radius 1 is 1.11 bits per heavy atom. The van der Waals surface area contributed by atoms with E-state index in [0.717, 1.165) is 26.7 Å². The lowest BCUT2D eigenvalue weighted by Crippen LogP contribution is -2.36. The molecule has 0 spiro atoms. The van der Waals surface area contributed by atoms with Crippen LogP contribution in [0.5, 0.6) is 0 Å². The topological polar surface area (TPSA) is 86.6 Å². The molecule has 1 amide bonds. The summed E-state index contributed by atoms with van der Waals surface area (Å²) in [5.41, 5.74) is 1.41. The third kappa shape index (κ3) is 10.2. The molecule has 1 heterocycles. The van der Waals surface area contributed by atoms with Crippen molar-refractivity contribution in [1.82, 2.24) is 5.32 Å². The average Bonchev–Trinajstić information content (AvgIpc) is 3.13. The van der Waals surface area contributed by atoms with Crippen LogP contribution in [0.3, 0.4) is 0 Å². The minimum absolute atomic E-state index is 0.147. The van der Waals surface area contributed by atoms with Gasteiger partial charge in [0.15, 0.2) is 8.03 Å². The highest BCUT2D eigenvalue weighted by Crippen LogP contribution is 2.36. The van der Waals surface area contributed by atoms with Crippen LogP contribution in [0.1, 0.15) is 17.0 Å². The number of halogens is 3. The SMILES string of the molecule is C[N+](C)(C)CCO.O=C(N/C=C/c1cc(Cl)cc(Cl)c1)C(C[PH](=O)O)c1csc2ccc(Cl)cc12. The van der Waals surface area contributed by atoms with E-state index >= 15 is 0 Å². The van der Waals surface area contributed by atoms with Gasteiger partial charge < -0.3 is 19.8 Å². The molecule has 0 saturated heterocycles. The molecule has 2 unspecified atom stereocenters. The Hall–Kier alpha value is -1.41. The van der Waals surface area contributed by atoms with Crippen LogP contribution >= 0.6 is 54.2 Å². The van der Waals surface area contributed by atoms with Gasteiger partial charge in [-0.25, -0.2) is 0 Å². The first-order valence-electron chi connectivity index (χ1n) is 10.6. The van der Waals surface area contributed by atoms with Crippen molar-refractivity contribution < 1.29 is 23.8 Å². The van der Waals surface area contributed by atoms with Crippen LogP contribution in [0.25, 0.3) is 16.2 Å². The monoisotopic (exact) mass is 577 g/mol. The predicted molar refractivity (Wildman–Crippen MR) is 149 cm³/mol. The molecule has 3 N–H and O–H groups in total. The Morgan fingerprint density at radius 3 is 2.31 bits per heavy atom. The molecule has 0 aliphatic carbocycles. The zero-order valence-corrected chi connectivity index (χ0v) is 23.7. The standard InChI is InChI=1S/C19H15Cl3NO3PS.C5H14NO/c20-12-1-2-18-15(8-12)17(10-28-18)16(9-27(25)26)19(24)23-4-3-11-5-13(21)7-14(22)6-11;1-6(2,3)4-5-7/h1-8,10,16,27H,9H2,(H,23,24)(H,25,26);7H,4-5H2,1-3H3/q;+1/b4-3+;. The maximum absolute atomic E-state index is 12.8. The summed E-state index contributed by atoms with van der Waals surface area (Å²) in [6.07, 6.45) is 2.97. The lowest BCUT2D eigenvalue weighted by Gasteiger charge is -2.21. The summed E-state index contributed by atoms with van der Waals surface area (Å²) in [5, 5.41) is 15.2. The van der Waals surface area contributed by atoms with E-state index < -0.39 is 13.9 Å². The Labute approximate surface area is 225 Å². The zero-order valence-electron chi connectivity index (χ0n) is 19.6. The maximum atomic E-state index is 12.8. The highest BCUT2D eigenvalue weighted by molar-refractivity contribution is 7.38. The summed E-state index contributed by atoms with van der Waals surface area (Å²) in [4.78, 5) is 22.2. The summed E-state index contributed by atoms with van der Waals surface area (Å²) in [5.74, 6) is -1.15. The molecule has 2 aromatic carbocycles. The number of quaternary nitrogens is 1. The van der Waals surface area contributed by atoms with Gasteiger partial charge >= 0.3 is 0 Å². The van der Waals surface area contributed by atoms with Crippen molar-refractivity contribution in [2.75, 3.05) is 40.5 Å². The summed E-state index contributed by atoms with van der Waals surface area (Å²) in [7, 11) is 3.29. The molecule has 6 nitrogen and oxygen atoms in total. The average molecular weight is 579 g/mol. The number of nitrogens with zero attached hydrogens (tertiary/aromatic N) is 1. The van der Waals surface area contributed by atoms with Crippen LogP contribution < -0.4 is 5.32 Å². The fourth-order valence-electron chi connectivity index (χ4n) is 3.10. The lowest BCUT2D eigenvalue weighted by molar-refractivity contribution is -0.870. The van der Waals surface area contributed by atoms with E-state index in [1.165, 1.54) is 17.5 Å². The van der Waals surface area contributed by atoms with Crippen LogP contribution in [0.2, 0.25) is 15.1 Å². The Kier molecular flexibility index (Phi) is 11.7. The van der Waals surface area contributed by atoms with E-state index in [2.05, 4.69) is 26.5 Å². The number of nitrogens with one attached hydrogen (secondary N) is 1. The number of fused-ring (bicyclic) bond motifs is 1. The van der Waals surface area contributed by atoms with Crippen molar-refractivity contribution in [3.8, 4) is 0 Å². The van der Waals surface area contributed by atoms with Gasteiger partial charge in [-0.3, -0.25) is 9.36 Å². The zero-order chi connectivity index (χ0) is 26.2. The van der Waals surface area contributed by atoms with Crippen LogP contribution in [0, 0.1) is 0 Å². The molecule has 1 aromatic heterocycles. The van der Waals surface area contributed by atoms with Gasteiger partial charge in [0, 0.05) is 32.1 Å². The first-order valence-corrected chi connectivity index (χ1v) is 14.2. The van der Waals surface area contributed by atoms with Crippen LogP contribution in [0.4, 0.5) is 0 Å². The first-order chi connectivity index (χ1) is 16.4. The molecular weight excluding hydrogens is 550 g/mol. The number of thiophene rings is 1. The van der Waals surface area contributed by atoms with Gasteiger partial charge in [-0.05, 0) is 64.4 Å². The molecule has 0 radical (unpaired) electrons. The molecule has 0 aliphatic rings. The summed E-state index contributed by atoms with van der Waals surface area (Å²) in [6.45, 7) is 1.11. The minimum atomic E-state index is -2.87. The highest BCUT2D eigenvalue weighted by atomic mass is 35.5. The molecule has 0 fully saturated rings. The lowest BCUT2D eigenvalue weighted by atomic mass is 9.99. The van der Waals surface area contributed by atoms with Gasteiger partial charge in [0.05, 0.1) is 33.7 Å². The number of hydrogen-bond acceptors (Lipinski definition) is 4. The van der Waals surface area contributed by atoms with Gasteiger partial charge in [0.1, 0.15) is 6.54 Å². The third-order valence-corrected chi connectivity index (χ3v) is 7.20. The van der Waals surface area contributed by atoms with Gasteiger partial charge in [0.2, 0.25) is 5.91 Å². The number of hydrogen-bond donors (Lipinski definition) is 3. The fraction of sp³-hybridized carbons (Fsp3) is 0.292. The van der Waals surface area contributed by atoms with Crippen molar-refractivity contribution in [3.63, 3.8) is 0 Å². The highest BCUT2D eigenvalue weighted by Gasteiger charge is 2.25. The smallest absolute Gasteiger partial charge is 0.232 e. The Bertz CT molecular complexity index is 1190. The van der Waals surface area contributed by atoms with Gasteiger partial charge in [-0.2, -0.15) is 0 Å². The minimum Gasteiger partial charge on any atom is -0.391 e. The maximum Gasteiger partial charge on any atom is 0.232 e. The predicted octanol–water partition coefficient (Wildman–Crippen LogP) is 5.88. The molecule has 0 saturated carbocycles. The van der Waals surface area contributed by atoms with E-state index in [1.54, 1.807) is 36.4 Å². The summed E-state index contributed by atoms with van der Waals surface area (Å²) in [6, 6.07) is 10.4. The van der Waals surface area contributed by atoms with Crippen molar-refractivity contribution in [2.24, 2.45) is 0 Å². The molecule has 35 heavy (non-hydrogen) atoms. The number of aliphatic hydroxyl groups is 1. The third-order valence-electron chi connectivity index (χ3n) is 4.79. The van der Waals surface area contributed by atoms with Crippen molar-refractivity contribution in [3.05, 3.63) is 74.2 Å². The molecule has 11 heteroatoms. The van der Waals surface area contributed by atoms with Gasteiger partial charge in [-0.1, -0.05) is 34.8 Å². The number of aliphatic hydroxyl groups excluding tert-OH is 1. The van der Waals surface area contributed by atoms with Crippen molar-refractivity contribution >= 4 is 76.2 Å². The number of amides is 1. The van der Waals surface area contributed by atoms with Gasteiger partial charge in [-0.15, -0.1) is 11.3 Å². The van der Waals surface area contributed by atoms with Crippen LogP contribution in [-0.4, -0.2) is 60.8 Å². The van der Waals surface area contributed by atoms with E-state index in [0.29, 0.717) is 20.6 Å². The molecule has 0 bridgehead atoms. The molecule has 3 aromatic rings. The second-order valence-electron chi connectivity index (χ2n) is 8.76. The largest absolute Gasteiger partial charge is 0.391 e. The first kappa shape index (κ1) is 29.8. The van der Waals surface area contributed by atoms with Crippen LogP contribution in [0.15, 0.2) is 48.0 Å². The number of likely N-dealkylation sites (N-methyl/N-ethyl adjacent to an activating group) is 1. The number of rotatable bonds is 8. The van der Waals surface area contributed by atoms with E-state index in [1.807, 2.05) is 11.4 Å². The van der Waals surface area contributed by atoms with E-state index in [4.69, 9.17) is 39.9 Å². The van der Waals surface area contributed by atoms with Crippen molar-refractivity contribution in [2.45, 2.75) is 5.92 Å². The number of carbonyl (C=O) groups excluding carboxylic acids is 1. The number of benzene rings is 2. The molecule has 0 aliphatic heterocycles. The normalized spacial score (nSPS) is 13.4. The van der Waals surface area contributed by atoms with E-state index in [9.17, 15) is 14.3 Å². The summed E-state index contributed by atoms with van der Waals surface area (Å²) >= 11 is 19.5. The van der Waals surface area contributed by atoms with Gasteiger partial charge in [0.25, 0.3) is 0 Å². The second kappa shape index (κ2) is 13.8. The van der Waals surface area contributed by atoms with E-state index in [-0.39, 0.29) is 18.7 Å². The Balaban J connectivity index is 0.000000540.